The van der Waals surface area contributed by atoms with Crippen LogP contribution in [0, 0.1) is 0 Å². The van der Waals surface area contributed by atoms with Crippen LogP contribution in [0.1, 0.15) is 46.0 Å². The summed E-state index contributed by atoms with van der Waals surface area (Å²) in [5.41, 5.74) is 0. The molecule has 4 heteroatoms. The van der Waals surface area contributed by atoms with Crippen molar-refractivity contribution in [1.29, 1.82) is 0 Å². The molecule has 1 saturated carbocycles. The topological polar surface area (TPSA) is 47.6 Å². The standard InChI is InChI=1S/C13H23NO3/c1-9-7-12(8-10(2)16-9)17-13(15)5-6-14-11-3-4-11/h9-12,14H,3-8H2,1-2H3. The molecule has 2 aliphatic rings. The van der Waals surface area contributed by atoms with Crippen LogP contribution in [0.5, 0.6) is 0 Å². The average Bonchev–Trinajstić information content (AvgIpc) is 2.99. The van der Waals surface area contributed by atoms with E-state index in [2.05, 4.69) is 5.32 Å². The minimum absolute atomic E-state index is 0.0437. The smallest absolute Gasteiger partial charge is 0.307 e. The van der Waals surface area contributed by atoms with E-state index in [0.717, 1.165) is 19.4 Å². The molecule has 1 heterocycles. The zero-order valence-electron chi connectivity index (χ0n) is 10.8. The lowest BCUT2D eigenvalue weighted by Crippen LogP contribution is -2.35. The van der Waals surface area contributed by atoms with Crippen LogP contribution in [0.25, 0.3) is 0 Å². The van der Waals surface area contributed by atoms with Crippen molar-refractivity contribution in [1.82, 2.24) is 5.32 Å². The van der Waals surface area contributed by atoms with Gasteiger partial charge in [-0.2, -0.15) is 0 Å². The van der Waals surface area contributed by atoms with Gasteiger partial charge in [0.2, 0.25) is 0 Å². The SMILES string of the molecule is CC1CC(OC(=O)CCNC2CC2)CC(C)O1. The number of hydrogen-bond acceptors (Lipinski definition) is 4. The van der Waals surface area contributed by atoms with E-state index >= 15 is 0 Å². The Hall–Kier alpha value is -0.610. The molecule has 0 aromatic carbocycles. The fourth-order valence-corrected chi connectivity index (χ4v) is 2.35. The maximum Gasteiger partial charge on any atom is 0.307 e. The molecule has 17 heavy (non-hydrogen) atoms. The number of nitrogens with one attached hydrogen (secondary N) is 1. The summed E-state index contributed by atoms with van der Waals surface area (Å²) < 4.78 is 11.1. The number of ether oxygens (including phenoxy) is 2. The fraction of sp³-hybridized carbons (Fsp3) is 0.923. The molecule has 1 aliphatic carbocycles. The second-order valence-electron chi connectivity index (χ2n) is 5.32. The normalized spacial score (nSPS) is 33.4. The summed E-state index contributed by atoms with van der Waals surface area (Å²) in [6, 6.07) is 0.658. The number of hydrogen-bond donors (Lipinski definition) is 1. The van der Waals surface area contributed by atoms with Gasteiger partial charge in [-0.05, 0) is 26.7 Å². The Morgan fingerprint density at radius 2 is 1.94 bits per heavy atom. The number of carbonyl (C=O) groups is 1. The molecule has 0 bridgehead atoms. The van der Waals surface area contributed by atoms with Crippen LogP contribution >= 0.6 is 0 Å². The minimum Gasteiger partial charge on any atom is -0.462 e. The van der Waals surface area contributed by atoms with Crippen LogP contribution in [0.2, 0.25) is 0 Å². The second-order valence-corrected chi connectivity index (χ2v) is 5.32. The van der Waals surface area contributed by atoms with Crippen LogP contribution in [0.3, 0.4) is 0 Å². The molecule has 0 aromatic heterocycles. The maximum atomic E-state index is 11.6. The van der Waals surface area contributed by atoms with Crippen molar-refractivity contribution in [2.75, 3.05) is 6.54 Å². The molecule has 1 N–H and O–H groups in total. The molecule has 0 amide bonds. The van der Waals surface area contributed by atoms with Crippen molar-refractivity contribution >= 4 is 5.97 Å². The van der Waals surface area contributed by atoms with Gasteiger partial charge < -0.3 is 14.8 Å². The van der Waals surface area contributed by atoms with Crippen molar-refractivity contribution in [2.45, 2.75) is 70.3 Å². The fourth-order valence-electron chi connectivity index (χ4n) is 2.35. The number of esters is 1. The van der Waals surface area contributed by atoms with Crippen LogP contribution in [-0.4, -0.2) is 36.9 Å². The maximum absolute atomic E-state index is 11.6. The third kappa shape index (κ3) is 4.64. The molecule has 2 atom stereocenters. The third-order valence-corrected chi connectivity index (χ3v) is 3.29. The number of carbonyl (C=O) groups excluding carboxylic acids is 1. The molecule has 2 unspecified atom stereocenters. The first-order chi connectivity index (χ1) is 8.13. The van der Waals surface area contributed by atoms with Gasteiger partial charge in [0.25, 0.3) is 0 Å². The summed E-state index contributed by atoms with van der Waals surface area (Å²) in [6.45, 7) is 4.81. The Labute approximate surface area is 103 Å². The van der Waals surface area contributed by atoms with Gasteiger partial charge in [-0.25, -0.2) is 0 Å². The molecule has 2 fully saturated rings. The van der Waals surface area contributed by atoms with Crippen molar-refractivity contribution < 1.29 is 14.3 Å². The van der Waals surface area contributed by atoms with Crippen LogP contribution in [-0.2, 0) is 14.3 Å². The van der Waals surface area contributed by atoms with Gasteiger partial charge in [-0.3, -0.25) is 4.79 Å². The Morgan fingerprint density at radius 1 is 1.29 bits per heavy atom. The summed E-state index contributed by atoms with van der Waals surface area (Å²) in [5.74, 6) is -0.0792. The first kappa shape index (κ1) is 12.8. The largest absolute Gasteiger partial charge is 0.462 e. The van der Waals surface area contributed by atoms with E-state index in [4.69, 9.17) is 9.47 Å². The average molecular weight is 241 g/mol. The van der Waals surface area contributed by atoms with E-state index in [1.54, 1.807) is 0 Å². The van der Waals surface area contributed by atoms with Gasteiger partial charge in [0.15, 0.2) is 0 Å². The van der Waals surface area contributed by atoms with Crippen molar-refractivity contribution in [2.24, 2.45) is 0 Å². The van der Waals surface area contributed by atoms with Gasteiger partial charge in [0, 0.05) is 25.4 Å². The molecule has 0 aromatic rings. The second kappa shape index (κ2) is 5.83. The Morgan fingerprint density at radius 3 is 2.53 bits per heavy atom. The highest BCUT2D eigenvalue weighted by Crippen LogP contribution is 2.22. The lowest BCUT2D eigenvalue weighted by molar-refractivity contribution is -0.159. The predicted molar refractivity (Wildman–Crippen MR) is 64.8 cm³/mol. The predicted octanol–water partition coefficient (Wildman–Crippen LogP) is 1.63. The van der Waals surface area contributed by atoms with Crippen molar-refractivity contribution in [3.8, 4) is 0 Å². The summed E-state index contributed by atoms with van der Waals surface area (Å²) in [4.78, 5) is 11.6. The van der Waals surface area contributed by atoms with Gasteiger partial charge >= 0.3 is 5.97 Å². The molecule has 4 nitrogen and oxygen atoms in total. The third-order valence-electron chi connectivity index (χ3n) is 3.29. The molecule has 98 valence electrons. The highest BCUT2D eigenvalue weighted by Gasteiger charge is 2.27. The molecular weight excluding hydrogens is 218 g/mol. The van der Waals surface area contributed by atoms with Crippen LogP contribution in [0.15, 0.2) is 0 Å². The van der Waals surface area contributed by atoms with E-state index < -0.39 is 0 Å². The van der Waals surface area contributed by atoms with Gasteiger partial charge in [-0.15, -0.1) is 0 Å². The summed E-state index contributed by atoms with van der Waals surface area (Å²) in [6.07, 6.45) is 5.08. The van der Waals surface area contributed by atoms with Gasteiger partial charge in [0.1, 0.15) is 6.10 Å². The quantitative estimate of drug-likeness (QED) is 0.743. The lowest BCUT2D eigenvalue weighted by Gasteiger charge is -2.31. The number of rotatable bonds is 5. The summed E-state index contributed by atoms with van der Waals surface area (Å²) >= 11 is 0. The van der Waals surface area contributed by atoms with Crippen LogP contribution in [0.4, 0.5) is 0 Å². The van der Waals surface area contributed by atoms with E-state index in [1.165, 1.54) is 12.8 Å². The van der Waals surface area contributed by atoms with Gasteiger partial charge in [0.05, 0.1) is 18.6 Å². The molecule has 2 rings (SSSR count). The molecule has 0 spiro atoms. The molecule has 0 radical (unpaired) electrons. The molecule has 1 aliphatic heterocycles. The van der Waals surface area contributed by atoms with Crippen molar-refractivity contribution in [3.05, 3.63) is 0 Å². The lowest BCUT2D eigenvalue weighted by atomic mass is 10.0. The minimum atomic E-state index is -0.0792. The Balaban J connectivity index is 1.62. The first-order valence-electron chi connectivity index (χ1n) is 6.72. The zero-order chi connectivity index (χ0) is 12.3. The monoisotopic (exact) mass is 241 g/mol. The van der Waals surface area contributed by atoms with E-state index in [0.29, 0.717) is 12.5 Å². The summed E-state index contributed by atoms with van der Waals surface area (Å²) in [5, 5.41) is 3.32. The molecule has 1 saturated heterocycles. The first-order valence-corrected chi connectivity index (χ1v) is 6.72. The van der Waals surface area contributed by atoms with E-state index in [9.17, 15) is 4.79 Å². The highest BCUT2D eigenvalue weighted by atomic mass is 16.6. The molecular formula is C13H23NO3. The van der Waals surface area contributed by atoms with Gasteiger partial charge in [-0.1, -0.05) is 0 Å². The Bertz CT molecular complexity index is 255. The van der Waals surface area contributed by atoms with Crippen molar-refractivity contribution in [3.63, 3.8) is 0 Å². The van der Waals surface area contributed by atoms with E-state index in [-0.39, 0.29) is 24.3 Å². The van der Waals surface area contributed by atoms with E-state index in [1.807, 2.05) is 13.8 Å². The summed E-state index contributed by atoms with van der Waals surface area (Å²) in [7, 11) is 0. The zero-order valence-corrected chi connectivity index (χ0v) is 10.8. The Kier molecular flexibility index (Phi) is 4.40. The highest BCUT2D eigenvalue weighted by molar-refractivity contribution is 5.69. The van der Waals surface area contributed by atoms with Crippen LogP contribution < -0.4 is 5.32 Å².